The first kappa shape index (κ1) is 9.46. The Hall–Kier alpha value is -0.630. The Kier molecular flexibility index (Phi) is 2.68. The zero-order valence-electron chi connectivity index (χ0n) is 7.66. The maximum atomic E-state index is 5.06. The smallest absolute Gasteiger partial charge is 0.118 e. The largest absolute Gasteiger partial charge is 0.497 e. The topological polar surface area (TPSA) is 9.23 Å². The molecule has 0 aliphatic rings. The van der Waals surface area contributed by atoms with Crippen LogP contribution in [0.4, 0.5) is 0 Å². The third-order valence-corrected chi connectivity index (χ3v) is 2.05. The molecule has 0 fully saturated rings. The lowest BCUT2D eigenvalue weighted by molar-refractivity contribution is 0.414. The van der Waals surface area contributed by atoms with Gasteiger partial charge in [-0.05, 0) is 31.5 Å². The highest BCUT2D eigenvalue weighted by atomic mass is 32.1. The molecule has 12 heavy (non-hydrogen) atoms. The molecule has 0 amide bonds. The Morgan fingerprint density at radius 1 is 1.17 bits per heavy atom. The molecule has 1 aromatic rings. The van der Waals surface area contributed by atoms with Gasteiger partial charge in [-0.25, -0.2) is 0 Å². The maximum absolute atomic E-state index is 5.06. The van der Waals surface area contributed by atoms with Crippen molar-refractivity contribution >= 4 is 12.6 Å². The van der Waals surface area contributed by atoms with E-state index in [-0.39, 0.29) is 4.75 Å². The Balaban J connectivity index is 2.93. The van der Waals surface area contributed by atoms with Crippen LogP contribution in [0.1, 0.15) is 19.4 Å². The summed E-state index contributed by atoms with van der Waals surface area (Å²) < 4.78 is 4.98. The second kappa shape index (κ2) is 3.40. The van der Waals surface area contributed by atoms with Crippen LogP contribution in [0.2, 0.25) is 0 Å². The Morgan fingerprint density at radius 2 is 1.67 bits per heavy atom. The van der Waals surface area contributed by atoms with Crippen LogP contribution in [-0.2, 0) is 4.75 Å². The molecule has 0 saturated heterocycles. The van der Waals surface area contributed by atoms with Gasteiger partial charge in [0.25, 0.3) is 0 Å². The van der Waals surface area contributed by atoms with Crippen molar-refractivity contribution in [1.82, 2.24) is 0 Å². The van der Waals surface area contributed by atoms with Gasteiger partial charge >= 0.3 is 0 Å². The molecule has 66 valence electrons. The van der Waals surface area contributed by atoms with Crippen molar-refractivity contribution < 1.29 is 4.74 Å². The van der Waals surface area contributed by atoms with Crippen LogP contribution >= 0.6 is 12.6 Å². The molecule has 0 aliphatic carbocycles. The molecule has 0 unspecified atom stereocenters. The van der Waals surface area contributed by atoms with E-state index < -0.39 is 0 Å². The number of hydrogen-bond acceptors (Lipinski definition) is 2. The highest BCUT2D eigenvalue weighted by molar-refractivity contribution is 7.81. The normalized spacial score (nSPS) is 11.3. The number of hydrogen-bond donors (Lipinski definition) is 1. The number of methoxy groups -OCH3 is 1. The van der Waals surface area contributed by atoms with Gasteiger partial charge in [-0.2, -0.15) is 12.6 Å². The zero-order valence-corrected chi connectivity index (χ0v) is 8.56. The molecular formula is C10H14OS. The van der Waals surface area contributed by atoms with E-state index in [1.165, 1.54) is 5.56 Å². The molecule has 0 radical (unpaired) electrons. The average molecular weight is 182 g/mol. The van der Waals surface area contributed by atoms with E-state index in [1.807, 2.05) is 24.3 Å². The monoisotopic (exact) mass is 182 g/mol. The second-order valence-corrected chi connectivity index (χ2v) is 4.41. The van der Waals surface area contributed by atoms with Crippen LogP contribution in [0.3, 0.4) is 0 Å². The minimum absolute atomic E-state index is 0.0771. The number of benzene rings is 1. The quantitative estimate of drug-likeness (QED) is 0.692. The van der Waals surface area contributed by atoms with E-state index in [2.05, 4.69) is 26.5 Å². The summed E-state index contributed by atoms with van der Waals surface area (Å²) in [6, 6.07) is 7.97. The molecule has 2 heteroatoms. The molecule has 0 atom stereocenters. The molecule has 0 spiro atoms. The molecule has 1 aromatic carbocycles. The van der Waals surface area contributed by atoms with Crippen LogP contribution in [0.15, 0.2) is 24.3 Å². The molecule has 0 heterocycles. The highest BCUT2D eigenvalue weighted by Crippen LogP contribution is 2.28. The van der Waals surface area contributed by atoms with Gasteiger partial charge in [0.1, 0.15) is 5.75 Å². The predicted octanol–water partition coefficient (Wildman–Crippen LogP) is 2.86. The Bertz CT molecular complexity index is 246. The summed E-state index contributed by atoms with van der Waals surface area (Å²) in [7, 11) is 1.67. The van der Waals surface area contributed by atoms with Gasteiger partial charge in [0, 0.05) is 4.75 Å². The van der Waals surface area contributed by atoms with Gasteiger partial charge in [0.2, 0.25) is 0 Å². The van der Waals surface area contributed by atoms with Crippen LogP contribution in [-0.4, -0.2) is 7.11 Å². The SMILES string of the molecule is COc1ccc(C(C)(C)S)cc1. The predicted molar refractivity (Wildman–Crippen MR) is 55.0 cm³/mol. The fourth-order valence-corrected chi connectivity index (χ4v) is 1.15. The van der Waals surface area contributed by atoms with Crippen molar-refractivity contribution in [1.29, 1.82) is 0 Å². The summed E-state index contributed by atoms with van der Waals surface area (Å²) in [5.41, 5.74) is 1.20. The maximum Gasteiger partial charge on any atom is 0.118 e. The Morgan fingerprint density at radius 3 is 2.00 bits per heavy atom. The van der Waals surface area contributed by atoms with Crippen LogP contribution in [0.25, 0.3) is 0 Å². The third kappa shape index (κ3) is 2.18. The van der Waals surface area contributed by atoms with Crippen molar-refractivity contribution in [2.75, 3.05) is 7.11 Å². The van der Waals surface area contributed by atoms with Gasteiger partial charge in [0.15, 0.2) is 0 Å². The fourth-order valence-electron chi connectivity index (χ4n) is 0.999. The lowest BCUT2D eigenvalue weighted by atomic mass is 10.0. The summed E-state index contributed by atoms with van der Waals surface area (Å²) >= 11 is 4.47. The number of ether oxygens (including phenoxy) is 1. The lowest BCUT2D eigenvalue weighted by Gasteiger charge is -2.17. The van der Waals surface area contributed by atoms with Gasteiger partial charge in [0.05, 0.1) is 7.11 Å². The van der Waals surface area contributed by atoms with Crippen molar-refractivity contribution in [3.05, 3.63) is 29.8 Å². The van der Waals surface area contributed by atoms with Gasteiger partial charge in [-0.3, -0.25) is 0 Å². The highest BCUT2D eigenvalue weighted by Gasteiger charge is 2.13. The molecule has 1 rings (SSSR count). The molecule has 1 nitrogen and oxygen atoms in total. The van der Waals surface area contributed by atoms with Crippen LogP contribution in [0, 0.1) is 0 Å². The van der Waals surface area contributed by atoms with Crippen molar-refractivity contribution in [2.24, 2.45) is 0 Å². The number of rotatable bonds is 2. The van der Waals surface area contributed by atoms with Gasteiger partial charge in [-0.1, -0.05) is 12.1 Å². The third-order valence-electron chi connectivity index (χ3n) is 1.80. The van der Waals surface area contributed by atoms with E-state index in [1.54, 1.807) is 7.11 Å². The first-order valence-electron chi connectivity index (χ1n) is 3.91. The zero-order chi connectivity index (χ0) is 9.19. The minimum atomic E-state index is -0.0771. The minimum Gasteiger partial charge on any atom is -0.497 e. The summed E-state index contributed by atoms with van der Waals surface area (Å²) in [6.07, 6.45) is 0. The summed E-state index contributed by atoms with van der Waals surface area (Å²) in [4.78, 5) is 0. The van der Waals surface area contributed by atoms with E-state index in [0.717, 1.165) is 5.75 Å². The van der Waals surface area contributed by atoms with E-state index >= 15 is 0 Å². The van der Waals surface area contributed by atoms with Crippen molar-refractivity contribution in [2.45, 2.75) is 18.6 Å². The molecule has 0 bridgehead atoms. The molecule has 0 aromatic heterocycles. The first-order chi connectivity index (χ1) is 5.54. The van der Waals surface area contributed by atoms with Crippen LogP contribution < -0.4 is 4.74 Å². The second-order valence-electron chi connectivity index (χ2n) is 3.29. The van der Waals surface area contributed by atoms with E-state index in [9.17, 15) is 0 Å². The first-order valence-corrected chi connectivity index (χ1v) is 4.35. The van der Waals surface area contributed by atoms with E-state index in [4.69, 9.17) is 4.74 Å². The fraction of sp³-hybridized carbons (Fsp3) is 0.400. The molecule has 0 saturated carbocycles. The van der Waals surface area contributed by atoms with Gasteiger partial charge < -0.3 is 4.74 Å². The summed E-state index contributed by atoms with van der Waals surface area (Å²) in [5, 5.41) is 0. The lowest BCUT2D eigenvalue weighted by Crippen LogP contribution is -2.06. The molecule has 0 aliphatic heterocycles. The van der Waals surface area contributed by atoms with E-state index in [0.29, 0.717) is 0 Å². The molecular weight excluding hydrogens is 168 g/mol. The summed E-state index contributed by atoms with van der Waals surface area (Å²) in [6.45, 7) is 4.13. The van der Waals surface area contributed by atoms with Crippen LogP contribution in [0.5, 0.6) is 5.75 Å². The van der Waals surface area contributed by atoms with Crippen molar-refractivity contribution in [3.8, 4) is 5.75 Å². The molecule has 0 N–H and O–H groups in total. The Labute approximate surface area is 79.2 Å². The average Bonchev–Trinajstić information content (AvgIpc) is 2.03. The number of thiol groups is 1. The van der Waals surface area contributed by atoms with Gasteiger partial charge in [-0.15, -0.1) is 0 Å². The standard InChI is InChI=1S/C10H14OS/c1-10(2,12)8-4-6-9(11-3)7-5-8/h4-7,12H,1-3H3. The van der Waals surface area contributed by atoms with Crippen molar-refractivity contribution in [3.63, 3.8) is 0 Å². The summed E-state index contributed by atoms with van der Waals surface area (Å²) in [5.74, 6) is 0.885.